The second-order valence-corrected chi connectivity index (χ2v) is 11.5. The van der Waals surface area contributed by atoms with E-state index >= 15 is 0 Å². The SMILES string of the molecule is Cc1ccc(NC(=S)N(Cc2cccc(Cl)c2Cl)C[C@H](C)NC(=O)Cc2cncn2Cc2ccc(C#N)cc2)cc1Cl. The largest absolute Gasteiger partial charge is 0.352 e. The van der Waals surface area contributed by atoms with E-state index in [4.69, 9.17) is 52.3 Å². The predicted molar refractivity (Wildman–Crippen MR) is 173 cm³/mol. The monoisotopic (exact) mass is 638 g/mol. The van der Waals surface area contributed by atoms with Crippen molar-refractivity contribution < 1.29 is 4.79 Å². The number of nitrogens with one attached hydrogen (secondary N) is 2. The molecule has 0 aliphatic heterocycles. The molecule has 11 heteroatoms. The number of anilines is 1. The van der Waals surface area contributed by atoms with E-state index < -0.39 is 0 Å². The number of thiocarbonyl (C=S) groups is 1. The summed E-state index contributed by atoms with van der Waals surface area (Å²) in [6.07, 6.45) is 3.54. The summed E-state index contributed by atoms with van der Waals surface area (Å²) in [4.78, 5) is 19.2. The van der Waals surface area contributed by atoms with Gasteiger partial charge in [-0.3, -0.25) is 4.79 Å². The molecule has 1 heterocycles. The molecule has 1 aromatic heterocycles. The topological polar surface area (TPSA) is 86.0 Å². The predicted octanol–water partition coefficient (Wildman–Crippen LogP) is 7.02. The highest BCUT2D eigenvalue weighted by Gasteiger charge is 2.19. The minimum atomic E-state index is -0.258. The molecule has 1 atom stereocenters. The number of hydrogen-bond acceptors (Lipinski definition) is 4. The molecule has 0 saturated carbocycles. The summed E-state index contributed by atoms with van der Waals surface area (Å²) in [6, 6.07) is 20.3. The van der Waals surface area contributed by atoms with E-state index in [0.717, 1.165) is 28.1 Å². The fourth-order valence-corrected chi connectivity index (χ4v) is 5.17. The van der Waals surface area contributed by atoms with Crippen LogP contribution >= 0.6 is 47.0 Å². The van der Waals surface area contributed by atoms with E-state index in [1.807, 2.05) is 65.8 Å². The Balaban J connectivity index is 1.43. The number of amides is 1. The molecule has 4 rings (SSSR count). The number of rotatable bonds is 10. The minimum absolute atomic E-state index is 0.144. The van der Waals surface area contributed by atoms with Gasteiger partial charge in [-0.1, -0.05) is 65.1 Å². The van der Waals surface area contributed by atoms with Crippen LogP contribution in [0.5, 0.6) is 0 Å². The van der Waals surface area contributed by atoms with E-state index in [1.165, 1.54) is 0 Å². The van der Waals surface area contributed by atoms with Gasteiger partial charge in [-0.25, -0.2) is 4.98 Å². The molecule has 4 aromatic rings. The van der Waals surface area contributed by atoms with Crippen LogP contribution in [-0.4, -0.2) is 38.1 Å². The average Bonchev–Trinajstić information content (AvgIpc) is 3.39. The zero-order valence-corrected chi connectivity index (χ0v) is 26.2. The van der Waals surface area contributed by atoms with Gasteiger partial charge in [-0.15, -0.1) is 0 Å². The molecule has 216 valence electrons. The van der Waals surface area contributed by atoms with Crippen molar-refractivity contribution in [3.63, 3.8) is 0 Å². The first-order chi connectivity index (χ1) is 20.1. The first-order valence-corrected chi connectivity index (χ1v) is 14.7. The Morgan fingerprint density at radius 1 is 1.12 bits per heavy atom. The summed E-state index contributed by atoms with van der Waals surface area (Å²) in [5, 5.41) is 17.4. The third-order valence-corrected chi connectivity index (χ3v) is 8.21. The number of carbonyl (C=O) groups is 1. The standard InChI is InChI=1S/C31H29Cl3N6OS/c1-20-6-11-25(12-28(20)33)38-31(42)39(18-24-4-3-5-27(32)30(24)34)16-21(2)37-29(41)13-26-15-36-19-40(26)17-23-9-7-22(14-35)8-10-23/h3-12,15,19,21H,13,16-18H2,1-2H3,(H,37,41)(H,38,42)/t21-/m0/s1. The lowest BCUT2D eigenvalue weighted by molar-refractivity contribution is -0.121. The second-order valence-electron chi connectivity index (χ2n) is 9.95. The third-order valence-electron chi connectivity index (χ3n) is 6.58. The van der Waals surface area contributed by atoms with Gasteiger partial charge in [-0.2, -0.15) is 5.26 Å². The summed E-state index contributed by atoms with van der Waals surface area (Å²) in [6.45, 7) is 5.18. The number of nitriles is 1. The van der Waals surface area contributed by atoms with Crippen LogP contribution in [0.2, 0.25) is 15.1 Å². The quantitative estimate of drug-likeness (QED) is 0.182. The third kappa shape index (κ3) is 8.46. The molecule has 0 radical (unpaired) electrons. The van der Waals surface area contributed by atoms with E-state index in [0.29, 0.717) is 45.4 Å². The number of halogens is 3. The zero-order valence-electron chi connectivity index (χ0n) is 23.1. The van der Waals surface area contributed by atoms with Crippen molar-refractivity contribution in [2.75, 3.05) is 11.9 Å². The number of aryl methyl sites for hydroxylation is 1. The van der Waals surface area contributed by atoms with Crippen molar-refractivity contribution in [2.24, 2.45) is 0 Å². The molecule has 0 bridgehead atoms. The van der Waals surface area contributed by atoms with Gasteiger partial charge in [0.05, 0.1) is 34.4 Å². The Bertz CT molecular complexity index is 1620. The Morgan fingerprint density at radius 2 is 1.88 bits per heavy atom. The van der Waals surface area contributed by atoms with Gasteiger partial charge in [-0.05, 0) is 73.1 Å². The van der Waals surface area contributed by atoms with Crippen molar-refractivity contribution in [2.45, 2.75) is 39.4 Å². The Kier molecular flexibility index (Phi) is 10.8. The van der Waals surface area contributed by atoms with Gasteiger partial charge in [0.15, 0.2) is 5.11 Å². The van der Waals surface area contributed by atoms with E-state index in [-0.39, 0.29) is 18.4 Å². The number of benzene rings is 3. The average molecular weight is 640 g/mol. The van der Waals surface area contributed by atoms with Gasteiger partial charge >= 0.3 is 0 Å². The van der Waals surface area contributed by atoms with Gasteiger partial charge in [0, 0.05) is 48.3 Å². The molecule has 2 N–H and O–H groups in total. The van der Waals surface area contributed by atoms with Crippen molar-refractivity contribution >= 4 is 63.7 Å². The Labute approximate surface area is 266 Å². The Morgan fingerprint density at radius 3 is 2.60 bits per heavy atom. The zero-order chi connectivity index (χ0) is 30.2. The summed E-state index contributed by atoms with van der Waals surface area (Å²) in [7, 11) is 0. The van der Waals surface area contributed by atoms with Crippen molar-refractivity contribution in [3.8, 4) is 6.07 Å². The van der Waals surface area contributed by atoms with Gasteiger partial charge in [0.25, 0.3) is 0 Å². The number of carbonyl (C=O) groups excluding carboxylic acids is 1. The Hall–Kier alpha value is -3.61. The summed E-state index contributed by atoms with van der Waals surface area (Å²) in [5.74, 6) is -0.144. The molecule has 0 aliphatic carbocycles. The number of aromatic nitrogens is 2. The molecule has 0 spiro atoms. The summed E-state index contributed by atoms with van der Waals surface area (Å²) in [5.41, 5.74) is 4.91. The smallest absolute Gasteiger partial charge is 0.226 e. The highest BCUT2D eigenvalue weighted by Crippen LogP contribution is 2.27. The van der Waals surface area contributed by atoms with E-state index in [1.54, 1.807) is 30.7 Å². The minimum Gasteiger partial charge on any atom is -0.352 e. The maximum atomic E-state index is 13.1. The molecule has 42 heavy (non-hydrogen) atoms. The molecule has 0 fully saturated rings. The molecule has 0 aliphatic rings. The van der Waals surface area contributed by atoms with Crippen LogP contribution in [0.3, 0.4) is 0 Å². The van der Waals surface area contributed by atoms with Crippen LogP contribution in [0, 0.1) is 18.3 Å². The highest BCUT2D eigenvalue weighted by molar-refractivity contribution is 7.80. The van der Waals surface area contributed by atoms with Crippen molar-refractivity contribution in [1.29, 1.82) is 5.26 Å². The molecule has 3 aromatic carbocycles. The van der Waals surface area contributed by atoms with Crippen LogP contribution in [0.15, 0.2) is 73.2 Å². The van der Waals surface area contributed by atoms with Crippen LogP contribution in [0.25, 0.3) is 0 Å². The van der Waals surface area contributed by atoms with E-state index in [2.05, 4.69) is 21.7 Å². The maximum absolute atomic E-state index is 13.1. The van der Waals surface area contributed by atoms with Crippen LogP contribution < -0.4 is 10.6 Å². The lowest BCUT2D eigenvalue weighted by Crippen LogP contribution is -2.45. The first-order valence-electron chi connectivity index (χ1n) is 13.1. The van der Waals surface area contributed by atoms with Crippen LogP contribution in [0.1, 0.15) is 34.9 Å². The molecule has 7 nitrogen and oxygen atoms in total. The molecular formula is C31H29Cl3N6OS. The number of hydrogen-bond donors (Lipinski definition) is 2. The molecule has 0 saturated heterocycles. The lowest BCUT2D eigenvalue weighted by atomic mass is 10.1. The first kappa shape index (κ1) is 31.3. The van der Waals surface area contributed by atoms with Crippen LogP contribution in [-0.2, 0) is 24.3 Å². The lowest BCUT2D eigenvalue weighted by Gasteiger charge is -2.29. The van der Waals surface area contributed by atoms with E-state index in [9.17, 15) is 4.79 Å². The van der Waals surface area contributed by atoms with Gasteiger partial charge in [0.2, 0.25) is 5.91 Å². The maximum Gasteiger partial charge on any atom is 0.226 e. The molecule has 1 amide bonds. The normalized spacial score (nSPS) is 11.4. The number of nitrogens with zero attached hydrogens (tertiary/aromatic N) is 4. The second kappa shape index (κ2) is 14.5. The van der Waals surface area contributed by atoms with Crippen molar-refractivity contribution in [3.05, 3.63) is 116 Å². The highest BCUT2D eigenvalue weighted by atomic mass is 35.5. The summed E-state index contributed by atoms with van der Waals surface area (Å²) < 4.78 is 1.92. The van der Waals surface area contributed by atoms with Crippen LogP contribution in [0.4, 0.5) is 5.69 Å². The molecular weight excluding hydrogens is 611 g/mol. The molecule has 0 unspecified atom stereocenters. The van der Waals surface area contributed by atoms with Gasteiger partial charge in [0.1, 0.15) is 0 Å². The fraction of sp³-hybridized carbons (Fsp3) is 0.226. The van der Waals surface area contributed by atoms with Crippen molar-refractivity contribution in [1.82, 2.24) is 19.8 Å². The van der Waals surface area contributed by atoms with Gasteiger partial charge < -0.3 is 20.1 Å². The summed E-state index contributed by atoms with van der Waals surface area (Å²) >= 11 is 24.9. The number of imidazole rings is 1. The fourth-order valence-electron chi connectivity index (χ4n) is 4.35.